The second kappa shape index (κ2) is 5.00. The Bertz CT molecular complexity index is 761. The number of hydrogen-bond acceptors (Lipinski definition) is 4. The van der Waals surface area contributed by atoms with Gasteiger partial charge in [-0.2, -0.15) is 9.61 Å². The highest BCUT2D eigenvalue weighted by Crippen LogP contribution is 2.21. The maximum Gasteiger partial charge on any atom is 0.280 e. The fourth-order valence-electron chi connectivity index (χ4n) is 2.69. The van der Waals surface area contributed by atoms with Gasteiger partial charge in [0.2, 0.25) is 0 Å². The minimum absolute atomic E-state index is 0.0822. The molecule has 112 valence electrons. The van der Waals surface area contributed by atoms with E-state index < -0.39 is 0 Å². The minimum atomic E-state index is -0.223. The standard InChI is InChI=1S/C14H18N4O3/c1-4-9-5-11-15-12-10(13(19)18(11)16-9)6-17(14(12)20)8(2)7-21-3/h5,8,15H,4,6-7H2,1-3H3/t8-/m0/s1. The topological polar surface area (TPSA) is 79.7 Å². The number of nitrogens with one attached hydrogen (secondary N) is 1. The second-order valence-electron chi connectivity index (χ2n) is 5.31. The molecule has 1 aliphatic heterocycles. The number of methoxy groups -OCH3 is 1. The summed E-state index contributed by atoms with van der Waals surface area (Å²) in [4.78, 5) is 29.6. The summed E-state index contributed by atoms with van der Waals surface area (Å²) < 4.78 is 6.43. The van der Waals surface area contributed by atoms with Crippen LogP contribution in [0.2, 0.25) is 0 Å². The third-order valence-corrected chi connectivity index (χ3v) is 3.87. The van der Waals surface area contributed by atoms with Crippen LogP contribution in [0.1, 0.15) is 35.6 Å². The van der Waals surface area contributed by atoms with E-state index in [0.717, 1.165) is 12.1 Å². The van der Waals surface area contributed by atoms with Gasteiger partial charge in [0.1, 0.15) is 11.3 Å². The van der Waals surface area contributed by atoms with E-state index in [4.69, 9.17) is 4.74 Å². The monoisotopic (exact) mass is 290 g/mol. The molecule has 0 saturated heterocycles. The first-order chi connectivity index (χ1) is 10.1. The number of aromatic amines is 1. The molecule has 7 heteroatoms. The van der Waals surface area contributed by atoms with Gasteiger partial charge >= 0.3 is 0 Å². The van der Waals surface area contributed by atoms with Crippen LogP contribution in [0, 0.1) is 0 Å². The van der Waals surface area contributed by atoms with Crippen molar-refractivity contribution < 1.29 is 9.53 Å². The van der Waals surface area contributed by atoms with Gasteiger partial charge in [-0.25, -0.2) is 0 Å². The number of aromatic nitrogens is 3. The van der Waals surface area contributed by atoms with Gasteiger partial charge in [0.15, 0.2) is 0 Å². The zero-order valence-corrected chi connectivity index (χ0v) is 12.3. The fourth-order valence-corrected chi connectivity index (χ4v) is 2.69. The van der Waals surface area contributed by atoms with E-state index in [1.165, 1.54) is 4.52 Å². The Morgan fingerprint density at radius 3 is 2.90 bits per heavy atom. The number of amides is 1. The Kier molecular flexibility index (Phi) is 3.29. The van der Waals surface area contributed by atoms with Crippen molar-refractivity contribution in [1.29, 1.82) is 0 Å². The van der Waals surface area contributed by atoms with Crippen LogP contribution in [0.5, 0.6) is 0 Å². The van der Waals surface area contributed by atoms with Gasteiger partial charge in [0, 0.05) is 13.2 Å². The number of fused-ring (bicyclic) bond motifs is 2. The van der Waals surface area contributed by atoms with Crippen LogP contribution >= 0.6 is 0 Å². The lowest BCUT2D eigenvalue weighted by atomic mass is 10.2. The molecule has 2 aromatic rings. The third-order valence-electron chi connectivity index (χ3n) is 3.87. The van der Waals surface area contributed by atoms with Crippen molar-refractivity contribution in [1.82, 2.24) is 19.5 Å². The number of carbonyl (C=O) groups excluding carboxylic acids is 1. The van der Waals surface area contributed by atoms with Crippen LogP contribution in [-0.4, -0.2) is 45.2 Å². The predicted octanol–water partition coefficient (Wildman–Crippen LogP) is 0.576. The lowest BCUT2D eigenvalue weighted by Crippen LogP contribution is -2.36. The smallest absolute Gasteiger partial charge is 0.280 e. The van der Waals surface area contributed by atoms with Crippen LogP contribution < -0.4 is 5.56 Å². The first kappa shape index (κ1) is 13.8. The Balaban J connectivity index is 2.08. The molecular formula is C14H18N4O3. The highest BCUT2D eigenvalue weighted by atomic mass is 16.5. The molecule has 3 rings (SSSR count). The normalized spacial score (nSPS) is 15.8. The van der Waals surface area contributed by atoms with E-state index in [1.807, 2.05) is 13.8 Å². The molecule has 0 aliphatic carbocycles. The van der Waals surface area contributed by atoms with Crippen molar-refractivity contribution in [2.45, 2.75) is 32.9 Å². The Hall–Kier alpha value is -2.15. The third kappa shape index (κ3) is 2.04. The maximum atomic E-state index is 12.5. The summed E-state index contributed by atoms with van der Waals surface area (Å²) in [5.41, 5.74) is 2.01. The zero-order valence-electron chi connectivity index (χ0n) is 12.3. The summed E-state index contributed by atoms with van der Waals surface area (Å²) in [6.07, 6.45) is 0.741. The van der Waals surface area contributed by atoms with Gasteiger partial charge < -0.3 is 14.6 Å². The van der Waals surface area contributed by atoms with Crippen LogP contribution in [0.15, 0.2) is 10.9 Å². The molecule has 1 aliphatic rings. The lowest BCUT2D eigenvalue weighted by molar-refractivity contribution is 0.0584. The highest BCUT2D eigenvalue weighted by molar-refractivity contribution is 5.97. The van der Waals surface area contributed by atoms with Gasteiger partial charge in [-0.05, 0) is 13.3 Å². The van der Waals surface area contributed by atoms with Crippen LogP contribution in [0.4, 0.5) is 0 Å². The summed E-state index contributed by atoms with van der Waals surface area (Å²) in [5, 5.41) is 4.26. The van der Waals surface area contributed by atoms with Gasteiger partial charge in [0.05, 0.1) is 30.5 Å². The van der Waals surface area contributed by atoms with E-state index in [-0.39, 0.29) is 17.5 Å². The SMILES string of the molecule is CCc1cc2[nH]c3c(c(=O)n2n1)CN([C@@H](C)COC)C3=O. The van der Waals surface area contributed by atoms with E-state index >= 15 is 0 Å². The Labute approximate surface area is 121 Å². The molecule has 0 aromatic carbocycles. The predicted molar refractivity (Wildman–Crippen MR) is 76.4 cm³/mol. The van der Waals surface area contributed by atoms with E-state index in [1.54, 1.807) is 18.1 Å². The van der Waals surface area contributed by atoms with Crippen molar-refractivity contribution in [3.05, 3.63) is 33.4 Å². The number of rotatable bonds is 4. The molecule has 3 heterocycles. The molecule has 1 atom stereocenters. The van der Waals surface area contributed by atoms with Crippen LogP contribution in [-0.2, 0) is 17.7 Å². The molecule has 0 spiro atoms. The molecule has 0 saturated carbocycles. The Morgan fingerprint density at radius 2 is 2.24 bits per heavy atom. The maximum absolute atomic E-state index is 12.5. The van der Waals surface area contributed by atoms with E-state index in [0.29, 0.717) is 30.1 Å². The van der Waals surface area contributed by atoms with Crippen LogP contribution in [0.25, 0.3) is 5.65 Å². The zero-order chi connectivity index (χ0) is 15.1. The Morgan fingerprint density at radius 1 is 1.48 bits per heavy atom. The number of nitrogens with zero attached hydrogens (tertiary/aromatic N) is 3. The fraction of sp³-hybridized carbons (Fsp3) is 0.500. The molecule has 21 heavy (non-hydrogen) atoms. The molecule has 0 bridgehead atoms. The number of H-pyrrole nitrogens is 1. The molecule has 7 nitrogen and oxygen atoms in total. The largest absolute Gasteiger partial charge is 0.383 e. The first-order valence-corrected chi connectivity index (χ1v) is 7.00. The summed E-state index contributed by atoms with van der Waals surface area (Å²) in [6, 6.07) is 1.72. The van der Waals surface area contributed by atoms with Crippen molar-refractivity contribution in [2.24, 2.45) is 0 Å². The number of carbonyl (C=O) groups is 1. The van der Waals surface area contributed by atoms with Crippen molar-refractivity contribution >= 4 is 11.6 Å². The quantitative estimate of drug-likeness (QED) is 0.893. The van der Waals surface area contributed by atoms with Crippen molar-refractivity contribution in [3.8, 4) is 0 Å². The van der Waals surface area contributed by atoms with E-state index in [9.17, 15) is 9.59 Å². The summed E-state index contributed by atoms with van der Waals surface area (Å²) >= 11 is 0. The minimum Gasteiger partial charge on any atom is -0.383 e. The summed E-state index contributed by atoms with van der Waals surface area (Å²) in [5.74, 6) is -0.159. The summed E-state index contributed by atoms with van der Waals surface area (Å²) in [6.45, 7) is 4.60. The van der Waals surface area contributed by atoms with Crippen LogP contribution in [0.3, 0.4) is 0 Å². The van der Waals surface area contributed by atoms with E-state index in [2.05, 4.69) is 10.1 Å². The highest BCUT2D eigenvalue weighted by Gasteiger charge is 2.34. The first-order valence-electron chi connectivity index (χ1n) is 7.00. The van der Waals surface area contributed by atoms with Gasteiger partial charge in [-0.1, -0.05) is 6.92 Å². The van der Waals surface area contributed by atoms with Gasteiger partial charge in [0.25, 0.3) is 11.5 Å². The molecule has 1 N–H and O–H groups in total. The second-order valence-corrected chi connectivity index (χ2v) is 5.31. The molecule has 0 fully saturated rings. The lowest BCUT2D eigenvalue weighted by Gasteiger charge is -2.22. The average molecular weight is 290 g/mol. The number of ether oxygens (including phenoxy) is 1. The molecule has 2 aromatic heterocycles. The average Bonchev–Trinajstić information content (AvgIpc) is 3.02. The number of hydrogen-bond donors (Lipinski definition) is 1. The molecular weight excluding hydrogens is 272 g/mol. The van der Waals surface area contributed by atoms with Gasteiger partial charge in [-0.3, -0.25) is 9.59 Å². The van der Waals surface area contributed by atoms with Gasteiger partial charge in [-0.15, -0.1) is 0 Å². The molecule has 0 unspecified atom stereocenters. The molecule has 1 amide bonds. The molecule has 0 radical (unpaired) electrons. The summed E-state index contributed by atoms with van der Waals surface area (Å²) in [7, 11) is 1.59. The van der Waals surface area contributed by atoms with Crippen molar-refractivity contribution in [2.75, 3.05) is 13.7 Å². The van der Waals surface area contributed by atoms with Crippen molar-refractivity contribution in [3.63, 3.8) is 0 Å². The number of aryl methyl sites for hydroxylation is 1.